The monoisotopic (exact) mass is 214 g/mol. The van der Waals surface area contributed by atoms with Crippen LogP contribution >= 0.6 is 0 Å². The molecule has 0 bridgehead atoms. The lowest BCUT2D eigenvalue weighted by atomic mass is 9.81. The SMILES string of the molecule is CC.CCC.CCCC1CCC(C)CC1. The van der Waals surface area contributed by atoms with Crippen LogP contribution in [0.25, 0.3) is 0 Å². The fourth-order valence-corrected chi connectivity index (χ4v) is 2.03. The first-order valence-electron chi connectivity index (χ1n) is 7.24. The molecule has 0 aromatic heterocycles. The van der Waals surface area contributed by atoms with Crippen molar-refractivity contribution in [3.63, 3.8) is 0 Å². The first kappa shape index (κ1) is 17.4. The van der Waals surface area contributed by atoms with E-state index in [2.05, 4.69) is 27.7 Å². The van der Waals surface area contributed by atoms with Crippen LogP contribution < -0.4 is 0 Å². The van der Waals surface area contributed by atoms with E-state index < -0.39 is 0 Å². The van der Waals surface area contributed by atoms with Gasteiger partial charge in [0.1, 0.15) is 0 Å². The zero-order valence-corrected chi connectivity index (χ0v) is 12.1. The molecule has 0 radical (unpaired) electrons. The van der Waals surface area contributed by atoms with Gasteiger partial charge < -0.3 is 0 Å². The average molecular weight is 214 g/mol. The van der Waals surface area contributed by atoms with Crippen LogP contribution in [0, 0.1) is 11.8 Å². The summed E-state index contributed by atoms with van der Waals surface area (Å²) in [6, 6.07) is 0. The second-order valence-electron chi connectivity index (χ2n) is 4.62. The smallest absolute Gasteiger partial charge is 0.0414 e. The quantitative estimate of drug-likeness (QED) is 0.524. The summed E-state index contributed by atoms with van der Waals surface area (Å²) in [5.74, 6) is 2.11. The lowest BCUT2D eigenvalue weighted by molar-refractivity contribution is 0.276. The summed E-state index contributed by atoms with van der Waals surface area (Å²) in [5.41, 5.74) is 0. The molecule has 1 aliphatic rings. The van der Waals surface area contributed by atoms with Crippen LogP contribution in [0.5, 0.6) is 0 Å². The van der Waals surface area contributed by atoms with Crippen molar-refractivity contribution in [3.05, 3.63) is 0 Å². The molecule has 0 aromatic carbocycles. The summed E-state index contributed by atoms with van der Waals surface area (Å²) >= 11 is 0. The molecule has 1 saturated carbocycles. The van der Waals surface area contributed by atoms with E-state index in [1.54, 1.807) is 0 Å². The lowest BCUT2D eigenvalue weighted by Crippen LogP contribution is -2.11. The Morgan fingerprint density at radius 2 is 1.27 bits per heavy atom. The summed E-state index contributed by atoms with van der Waals surface area (Å²) in [6.45, 7) is 12.9. The van der Waals surface area contributed by atoms with Crippen molar-refractivity contribution in [2.45, 2.75) is 86.5 Å². The Bertz CT molecular complexity index is 88.2. The third-order valence-electron chi connectivity index (χ3n) is 2.83. The van der Waals surface area contributed by atoms with Gasteiger partial charge in [0.2, 0.25) is 0 Å². The highest BCUT2D eigenvalue weighted by atomic mass is 14.2. The van der Waals surface area contributed by atoms with Gasteiger partial charge in [-0.25, -0.2) is 0 Å². The van der Waals surface area contributed by atoms with E-state index in [-0.39, 0.29) is 0 Å². The molecule has 15 heavy (non-hydrogen) atoms. The van der Waals surface area contributed by atoms with Crippen LogP contribution in [0.3, 0.4) is 0 Å². The van der Waals surface area contributed by atoms with Crippen molar-refractivity contribution in [1.29, 1.82) is 0 Å². The maximum Gasteiger partial charge on any atom is -0.0414 e. The maximum absolute atomic E-state index is 2.39. The van der Waals surface area contributed by atoms with Gasteiger partial charge in [0.05, 0.1) is 0 Å². The largest absolute Gasteiger partial charge is 0.0683 e. The van der Waals surface area contributed by atoms with Gasteiger partial charge in [-0.05, 0) is 11.8 Å². The van der Waals surface area contributed by atoms with Gasteiger partial charge in [-0.15, -0.1) is 0 Å². The van der Waals surface area contributed by atoms with E-state index in [1.165, 1.54) is 44.9 Å². The van der Waals surface area contributed by atoms with Crippen molar-refractivity contribution >= 4 is 0 Å². The molecular formula is C15H34. The summed E-state index contributed by atoms with van der Waals surface area (Å²) < 4.78 is 0. The zero-order valence-electron chi connectivity index (χ0n) is 12.1. The van der Waals surface area contributed by atoms with Gasteiger partial charge in [0.15, 0.2) is 0 Å². The Labute approximate surface area is 98.9 Å². The van der Waals surface area contributed by atoms with E-state index in [9.17, 15) is 0 Å². The number of hydrogen-bond donors (Lipinski definition) is 0. The molecule has 94 valence electrons. The van der Waals surface area contributed by atoms with Gasteiger partial charge >= 0.3 is 0 Å². The second kappa shape index (κ2) is 14.0. The fraction of sp³-hybridized carbons (Fsp3) is 1.00. The second-order valence-corrected chi connectivity index (χ2v) is 4.62. The highest BCUT2D eigenvalue weighted by Crippen LogP contribution is 2.30. The molecule has 0 unspecified atom stereocenters. The minimum atomic E-state index is 1.02. The van der Waals surface area contributed by atoms with Crippen molar-refractivity contribution in [3.8, 4) is 0 Å². The molecule has 0 spiro atoms. The van der Waals surface area contributed by atoms with E-state index in [1.807, 2.05) is 13.8 Å². The molecule has 0 saturated heterocycles. The molecule has 0 aliphatic heterocycles. The highest BCUT2D eigenvalue weighted by Gasteiger charge is 2.16. The summed E-state index contributed by atoms with van der Waals surface area (Å²) in [5, 5.41) is 0. The van der Waals surface area contributed by atoms with Gasteiger partial charge in [0, 0.05) is 0 Å². The van der Waals surface area contributed by atoms with E-state index in [4.69, 9.17) is 0 Å². The molecule has 0 heteroatoms. The predicted molar refractivity (Wildman–Crippen MR) is 73.3 cm³/mol. The van der Waals surface area contributed by atoms with Crippen LogP contribution in [0.15, 0.2) is 0 Å². The predicted octanol–water partition coefficient (Wildman–Crippen LogP) is 6.06. The van der Waals surface area contributed by atoms with Crippen molar-refractivity contribution in [2.75, 3.05) is 0 Å². The van der Waals surface area contributed by atoms with Crippen molar-refractivity contribution < 1.29 is 0 Å². The Morgan fingerprint density at radius 3 is 1.60 bits per heavy atom. The van der Waals surface area contributed by atoms with Crippen LogP contribution in [0.1, 0.15) is 86.5 Å². The van der Waals surface area contributed by atoms with Gasteiger partial charge in [-0.1, -0.05) is 86.5 Å². The highest BCUT2D eigenvalue weighted by molar-refractivity contribution is 4.69. The van der Waals surface area contributed by atoms with Crippen LogP contribution in [0.2, 0.25) is 0 Å². The normalized spacial score (nSPS) is 24.4. The van der Waals surface area contributed by atoms with Gasteiger partial charge in [-0.2, -0.15) is 0 Å². The molecule has 0 N–H and O–H groups in total. The summed E-state index contributed by atoms with van der Waals surface area (Å²) in [6.07, 6.45) is 10.1. The topological polar surface area (TPSA) is 0 Å². The van der Waals surface area contributed by atoms with E-state index in [0.717, 1.165) is 11.8 Å². The third-order valence-corrected chi connectivity index (χ3v) is 2.83. The molecule has 0 atom stereocenters. The average Bonchev–Trinajstić information content (AvgIpc) is 2.26. The molecule has 1 fully saturated rings. The first-order valence-corrected chi connectivity index (χ1v) is 7.24. The zero-order chi connectivity index (χ0) is 12.1. The van der Waals surface area contributed by atoms with E-state index >= 15 is 0 Å². The maximum atomic E-state index is 2.39. The van der Waals surface area contributed by atoms with Crippen LogP contribution in [0.4, 0.5) is 0 Å². The van der Waals surface area contributed by atoms with Gasteiger partial charge in [-0.3, -0.25) is 0 Å². The number of hydrogen-bond acceptors (Lipinski definition) is 0. The third kappa shape index (κ3) is 11.9. The Kier molecular flexibility index (Phi) is 16.2. The van der Waals surface area contributed by atoms with Crippen LogP contribution in [-0.4, -0.2) is 0 Å². The minimum Gasteiger partial charge on any atom is -0.0683 e. The molecular weight excluding hydrogens is 180 g/mol. The fourth-order valence-electron chi connectivity index (χ4n) is 2.03. The standard InChI is InChI=1S/C10H20.C3H8.C2H6/c1-3-4-10-7-5-9(2)6-8-10;1-3-2;1-2/h9-10H,3-8H2,1-2H3;3H2,1-2H3;1-2H3. The minimum absolute atomic E-state index is 1.02. The summed E-state index contributed by atoms with van der Waals surface area (Å²) in [4.78, 5) is 0. The van der Waals surface area contributed by atoms with E-state index in [0.29, 0.717) is 0 Å². The Balaban J connectivity index is 0. The first-order chi connectivity index (χ1) is 7.24. The number of rotatable bonds is 2. The van der Waals surface area contributed by atoms with Crippen molar-refractivity contribution in [2.24, 2.45) is 11.8 Å². The summed E-state index contributed by atoms with van der Waals surface area (Å²) in [7, 11) is 0. The van der Waals surface area contributed by atoms with Crippen molar-refractivity contribution in [1.82, 2.24) is 0 Å². The lowest BCUT2D eigenvalue weighted by Gasteiger charge is -2.25. The van der Waals surface area contributed by atoms with Crippen LogP contribution in [-0.2, 0) is 0 Å². The molecule has 1 rings (SSSR count). The molecule has 1 aliphatic carbocycles. The molecule has 0 heterocycles. The molecule has 0 amide bonds. The van der Waals surface area contributed by atoms with Gasteiger partial charge in [0.25, 0.3) is 0 Å². The molecule has 0 nitrogen and oxygen atoms in total. The Hall–Kier alpha value is 0. The molecule has 0 aromatic rings. The Morgan fingerprint density at radius 1 is 0.867 bits per heavy atom.